The Morgan fingerprint density at radius 2 is 2.15 bits per heavy atom. The number of carbonyl (C=O) groups is 1. The van der Waals surface area contributed by atoms with Crippen molar-refractivity contribution in [2.75, 3.05) is 20.3 Å². The van der Waals surface area contributed by atoms with Gasteiger partial charge in [-0.3, -0.25) is 4.79 Å². The molecule has 5 nitrogen and oxygen atoms in total. The first kappa shape index (κ1) is 13.4. The van der Waals surface area contributed by atoms with Crippen molar-refractivity contribution in [1.82, 2.24) is 0 Å². The van der Waals surface area contributed by atoms with Crippen LogP contribution in [0, 0.1) is 0 Å². The summed E-state index contributed by atoms with van der Waals surface area (Å²) >= 11 is 6.40. The van der Waals surface area contributed by atoms with E-state index in [4.69, 9.17) is 30.9 Å². The van der Waals surface area contributed by atoms with Crippen molar-refractivity contribution in [3.8, 4) is 17.2 Å². The molecule has 0 radical (unpaired) electrons. The number of halogens is 1. The first-order valence-corrected chi connectivity index (χ1v) is 6.83. The summed E-state index contributed by atoms with van der Waals surface area (Å²) < 4.78 is 16.5. The van der Waals surface area contributed by atoms with E-state index in [-0.39, 0.29) is 6.42 Å². The molecule has 0 unspecified atom stereocenters. The highest BCUT2D eigenvalue weighted by Crippen LogP contribution is 2.60. The maximum absolute atomic E-state index is 11.1. The Hall–Kier alpha value is -1.62. The molecule has 1 N–H and O–H groups in total. The molecule has 0 bridgehead atoms. The maximum atomic E-state index is 11.1. The van der Waals surface area contributed by atoms with Crippen LogP contribution in [0.25, 0.3) is 0 Å². The average molecular weight is 299 g/mol. The lowest BCUT2D eigenvalue weighted by Gasteiger charge is -2.26. The number of benzene rings is 1. The number of rotatable bonds is 4. The lowest BCUT2D eigenvalue weighted by atomic mass is 9.90. The predicted molar refractivity (Wildman–Crippen MR) is 72.2 cm³/mol. The van der Waals surface area contributed by atoms with E-state index in [9.17, 15) is 4.79 Å². The summed E-state index contributed by atoms with van der Waals surface area (Å²) in [6.45, 7) is 0.898. The second-order valence-electron chi connectivity index (χ2n) is 5.14. The van der Waals surface area contributed by atoms with Crippen LogP contribution >= 0.6 is 11.6 Å². The molecular formula is C14H15ClO5. The summed E-state index contributed by atoms with van der Waals surface area (Å²) in [4.78, 5) is 11.1. The Bertz CT molecular complexity index is 565. The van der Waals surface area contributed by atoms with Gasteiger partial charge in [-0.05, 0) is 12.8 Å². The van der Waals surface area contributed by atoms with Crippen LogP contribution in [0.15, 0.2) is 6.07 Å². The average Bonchev–Trinajstić information content (AvgIpc) is 3.17. The molecule has 1 saturated carbocycles. The minimum absolute atomic E-state index is 0.0374. The van der Waals surface area contributed by atoms with E-state index >= 15 is 0 Å². The van der Waals surface area contributed by atoms with Crippen LogP contribution in [0.4, 0.5) is 0 Å². The van der Waals surface area contributed by atoms with Gasteiger partial charge < -0.3 is 19.3 Å². The van der Waals surface area contributed by atoms with Gasteiger partial charge in [-0.25, -0.2) is 0 Å². The molecular weight excluding hydrogens is 284 g/mol. The fourth-order valence-corrected chi connectivity index (χ4v) is 3.14. The van der Waals surface area contributed by atoms with E-state index in [0.717, 1.165) is 18.4 Å². The van der Waals surface area contributed by atoms with Gasteiger partial charge in [0.2, 0.25) is 0 Å². The third-order valence-electron chi connectivity index (χ3n) is 3.83. The van der Waals surface area contributed by atoms with Gasteiger partial charge >= 0.3 is 5.97 Å². The van der Waals surface area contributed by atoms with Gasteiger partial charge in [0.15, 0.2) is 11.5 Å². The zero-order chi connectivity index (χ0) is 14.3. The number of aliphatic carboxylic acids is 1. The van der Waals surface area contributed by atoms with Gasteiger partial charge in [0, 0.05) is 17.0 Å². The highest BCUT2D eigenvalue weighted by Gasteiger charge is 2.50. The second kappa shape index (κ2) is 4.74. The molecule has 108 valence electrons. The smallest absolute Gasteiger partial charge is 0.304 e. The molecule has 0 saturated heterocycles. The lowest BCUT2D eigenvalue weighted by molar-refractivity contribution is -0.137. The monoisotopic (exact) mass is 298 g/mol. The van der Waals surface area contributed by atoms with Crippen molar-refractivity contribution in [3.05, 3.63) is 16.7 Å². The third kappa shape index (κ3) is 2.06. The second-order valence-corrected chi connectivity index (χ2v) is 5.52. The molecule has 1 aliphatic carbocycles. The molecule has 1 aromatic rings. The Labute approximate surface area is 121 Å². The lowest BCUT2D eigenvalue weighted by Crippen LogP contribution is -2.21. The van der Waals surface area contributed by atoms with Gasteiger partial charge in [0.25, 0.3) is 0 Å². The van der Waals surface area contributed by atoms with Crippen LogP contribution in [0.1, 0.15) is 24.8 Å². The molecule has 3 rings (SSSR count). The van der Waals surface area contributed by atoms with Crippen molar-refractivity contribution in [3.63, 3.8) is 0 Å². The summed E-state index contributed by atoms with van der Waals surface area (Å²) in [5, 5.41) is 9.55. The Morgan fingerprint density at radius 3 is 2.75 bits per heavy atom. The number of hydrogen-bond donors (Lipinski definition) is 1. The van der Waals surface area contributed by atoms with E-state index in [1.807, 2.05) is 0 Å². The molecule has 1 fully saturated rings. The zero-order valence-electron chi connectivity index (χ0n) is 11.1. The topological polar surface area (TPSA) is 65.0 Å². The quantitative estimate of drug-likeness (QED) is 0.925. The molecule has 2 aliphatic rings. The number of fused-ring (bicyclic) bond motifs is 1. The summed E-state index contributed by atoms with van der Waals surface area (Å²) in [7, 11) is 1.53. The largest absolute Gasteiger partial charge is 0.495 e. The van der Waals surface area contributed by atoms with E-state index in [1.165, 1.54) is 7.11 Å². The molecule has 6 heteroatoms. The van der Waals surface area contributed by atoms with Crippen LogP contribution in [-0.2, 0) is 10.2 Å². The van der Waals surface area contributed by atoms with E-state index in [0.29, 0.717) is 35.5 Å². The summed E-state index contributed by atoms with van der Waals surface area (Å²) in [6.07, 6.45) is 1.60. The number of carboxylic acid groups (broad SMARTS) is 1. The Kier molecular flexibility index (Phi) is 3.17. The highest BCUT2D eigenvalue weighted by molar-refractivity contribution is 6.33. The van der Waals surface area contributed by atoms with Crippen LogP contribution in [0.5, 0.6) is 17.2 Å². The fraction of sp³-hybridized carbons (Fsp3) is 0.500. The minimum atomic E-state index is -0.841. The SMILES string of the molecule is COc1cc2c(c(C3(CC(=O)O)CC3)c1Cl)OCCO2. The fourth-order valence-electron chi connectivity index (χ4n) is 2.72. The highest BCUT2D eigenvalue weighted by atomic mass is 35.5. The van der Waals surface area contributed by atoms with Crippen molar-refractivity contribution >= 4 is 17.6 Å². The molecule has 1 aliphatic heterocycles. The molecule has 1 heterocycles. The molecule has 0 spiro atoms. The van der Waals surface area contributed by atoms with Crippen molar-refractivity contribution < 1.29 is 24.1 Å². The minimum Gasteiger partial charge on any atom is -0.495 e. The number of hydrogen-bond acceptors (Lipinski definition) is 4. The number of methoxy groups -OCH3 is 1. The zero-order valence-corrected chi connectivity index (χ0v) is 11.8. The van der Waals surface area contributed by atoms with Crippen LogP contribution in [-0.4, -0.2) is 31.4 Å². The van der Waals surface area contributed by atoms with Crippen molar-refractivity contribution in [1.29, 1.82) is 0 Å². The summed E-state index contributed by atoms with van der Waals surface area (Å²) in [6, 6.07) is 1.69. The maximum Gasteiger partial charge on any atom is 0.304 e. The first-order valence-electron chi connectivity index (χ1n) is 6.46. The van der Waals surface area contributed by atoms with Gasteiger partial charge in [0.1, 0.15) is 19.0 Å². The van der Waals surface area contributed by atoms with Gasteiger partial charge in [-0.15, -0.1) is 0 Å². The Morgan fingerprint density at radius 1 is 1.45 bits per heavy atom. The third-order valence-corrected chi connectivity index (χ3v) is 4.20. The molecule has 1 aromatic carbocycles. The molecule has 0 aromatic heterocycles. The number of ether oxygens (including phenoxy) is 3. The normalized spacial score (nSPS) is 18.5. The van der Waals surface area contributed by atoms with Crippen molar-refractivity contribution in [2.45, 2.75) is 24.7 Å². The van der Waals surface area contributed by atoms with Crippen LogP contribution < -0.4 is 14.2 Å². The van der Waals surface area contributed by atoms with Crippen LogP contribution in [0.2, 0.25) is 5.02 Å². The van der Waals surface area contributed by atoms with Crippen LogP contribution in [0.3, 0.4) is 0 Å². The standard InChI is InChI=1S/C14H15ClO5/c1-18-8-6-9-13(20-5-4-19-9)11(12(8)15)14(2-3-14)7-10(16)17/h6H,2-5,7H2,1H3,(H,16,17). The van der Waals surface area contributed by atoms with Crippen molar-refractivity contribution in [2.24, 2.45) is 0 Å². The first-order chi connectivity index (χ1) is 9.57. The molecule has 0 amide bonds. The Balaban J connectivity index is 2.15. The molecule has 0 atom stereocenters. The molecule has 20 heavy (non-hydrogen) atoms. The van der Waals surface area contributed by atoms with E-state index in [2.05, 4.69) is 0 Å². The van der Waals surface area contributed by atoms with Gasteiger partial charge in [-0.1, -0.05) is 11.6 Å². The van der Waals surface area contributed by atoms with Gasteiger partial charge in [-0.2, -0.15) is 0 Å². The summed E-state index contributed by atoms with van der Waals surface area (Å²) in [5.74, 6) is 0.791. The van der Waals surface area contributed by atoms with E-state index in [1.54, 1.807) is 6.07 Å². The van der Waals surface area contributed by atoms with Gasteiger partial charge in [0.05, 0.1) is 18.6 Å². The van der Waals surface area contributed by atoms with E-state index < -0.39 is 11.4 Å². The predicted octanol–water partition coefficient (Wildman–Crippen LogP) is 2.63. The summed E-state index contributed by atoms with van der Waals surface area (Å²) in [5.41, 5.74) is 0.262. The number of carboxylic acids is 1.